The van der Waals surface area contributed by atoms with Gasteiger partial charge in [-0.05, 0) is 23.1 Å². The molecule has 0 saturated heterocycles. The fraction of sp³-hybridized carbons (Fsp3) is 0.111. The van der Waals surface area contributed by atoms with Gasteiger partial charge < -0.3 is 15.6 Å². The number of primary amides is 1. The van der Waals surface area contributed by atoms with Crippen LogP contribution in [0.1, 0.15) is 11.6 Å². The van der Waals surface area contributed by atoms with Gasteiger partial charge >= 0.3 is 0 Å². The van der Waals surface area contributed by atoms with Crippen molar-refractivity contribution < 1.29 is 9.59 Å². The lowest BCUT2D eigenvalue weighted by Gasteiger charge is -2.16. The number of carbonyl (C=O) groups is 2. The molecule has 0 spiro atoms. The van der Waals surface area contributed by atoms with E-state index < -0.39 is 11.9 Å². The van der Waals surface area contributed by atoms with Crippen molar-refractivity contribution >= 4 is 22.7 Å². The van der Waals surface area contributed by atoms with Crippen molar-refractivity contribution in [1.82, 2.24) is 9.88 Å². The van der Waals surface area contributed by atoms with Gasteiger partial charge in [0, 0.05) is 11.7 Å². The highest BCUT2D eigenvalue weighted by atomic mass is 16.2. The van der Waals surface area contributed by atoms with Gasteiger partial charge in [-0.15, -0.1) is 0 Å². The van der Waals surface area contributed by atoms with Crippen LogP contribution in [0.2, 0.25) is 0 Å². The van der Waals surface area contributed by atoms with Crippen molar-refractivity contribution in [2.24, 2.45) is 5.73 Å². The maximum atomic E-state index is 12.3. The van der Waals surface area contributed by atoms with E-state index in [0.717, 1.165) is 10.9 Å². The molecule has 2 aromatic carbocycles. The van der Waals surface area contributed by atoms with Crippen molar-refractivity contribution in [2.45, 2.75) is 12.6 Å². The molecule has 0 aliphatic carbocycles. The zero-order chi connectivity index (χ0) is 16.2. The Bertz CT molecular complexity index is 840. The van der Waals surface area contributed by atoms with Crippen molar-refractivity contribution in [3.05, 3.63) is 72.4 Å². The van der Waals surface area contributed by atoms with Gasteiger partial charge in [-0.1, -0.05) is 48.5 Å². The van der Waals surface area contributed by atoms with Crippen LogP contribution in [-0.2, 0) is 16.1 Å². The molecule has 23 heavy (non-hydrogen) atoms. The predicted octanol–water partition coefficient (Wildman–Crippen LogP) is 1.98. The van der Waals surface area contributed by atoms with E-state index in [4.69, 9.17) is 5.73 Å². The normalized spacial score (nSPS) is 12.0. The lowest BCUT2D eigenvalue weighted by atomic mass is 10.1. The van der Waals surface area contributed by atoms with Gasteiger partial charge in [-0.2, -0.15) is 0 Å². The average Bonchev–Trinajstić information content (AvgIpc) is 2.96. The zero-order valence-electron chi connectivity index (χ0n) is 12.5. The molecule has 0 unspecified atom stereocenters. The first-order valence-corrected chi connectivity index (χ1v) is 7.32. The number of nitrogens with two attached hydrogens (primary N) is 1. The summed E-state index contributed by atoms with van der Waals surface area (Å²) in [6, 6.07) is 17.9. The standard InChI is InChI=1S/C18H17N3O2/c19-18(23)17(14-7-2-1-3-8-14)20-16(22)12-21-11-10-13-6-4-5-9-15(13)21/h1-11,17H,12H2,(H2,19,23)(H,20,22)/t17-/m0/s1. The minimum absolute atomic E-state index is 0.129. The number of nitrogens with zero attached hydrogens (tertiary/aromatic N) is 1. The Kier molecular flexibility index (Phi) is 4.10. The number of hydrogen-bond donors (Lipinski definition) is 2. The molecule has 1 aromatic heterocycles. The van der Waals surface area contributed by atoms with E-state index in [1.807, 2.05) is 47.2 Å². The van der Waals surface area contributed by atoms with E-state index in [1.54, 1.807) is 24.3 Å². The van der Waals surface area contributed by atoms with Crippen LogP contribution in [0.5, 0.6) is 0 Å². The summed E-state index contributed by atoms with van der Waals surface area (Å²) in [6.07, 6.45) is 1.85. The first-order valence-electron chi connectivity index (χ1n) is 7.32. The van der Waals surface area contributed by atoms with Crippen LogP contribution in [0.4, 0.5) is 0 Å². The zero-order valence-corrected chi connectivity index (χ0v) is 12.5. The van der Waals surface area contributed by atoms with Gasteiger partial charge in [0.25, 0.3) is 0 Å². The number of para-hydroxylation sites is 1. The molecule has 116 valence electrons. The second-order valence-electron chi connectivity index (χ2n) is 5.32. The Morgan fingerprint density at radius 2 is 1.70 bits per heavy atom. The number of aromatic nitrogens is 1. The smallest absolute Gasteiger partial charge is 0.244 e. The van der Waals surface area contributed by atoms with E-state index in [-0.39, 0.29) is 12.5 Å². The molecule has 3 aromatic rings. The van der Waals surface area contributed by atoms with Crippen LogP contribution in [0.25, 0.3) is 10.9 Å². The van der Waals surface area contributed by atoms with Gasteiger partial charge in [0.05, 0.1) is 0 Å². The highest BCUT2D eigenvalue weighted by Crippen LogP contribution is 2.16. The second kappa shape index (κ2) is 6.36. The summed E-state index contributed by atoms with van der Waals surface area (Å²) in [5, 5.41) is 3.77. The molecule has 1 heterocycles. The fourth-order valence-electron chi connectivity index (χ4n) is 2.60. The van der Waals surface area contributed by atoms with Crippen molar-refractivity contribution in [3.63, 3.8) is 0 Å². The molecule has 0 bridgehead atoms. The number of amides is 2. The summed E-state index contributed by atoms with van der Waals surface area (Å²) in [7, 11) is 0. The summed E-state index contributed by atoms with van der Waals surface area (Å²) >= 11 is 0. The highest BCUT2D eigenvalue weighted by Gasteiger charge is 2.20. The lowest BCUT2D eigenvalue weighted by Crippen LogP contribution is -2.39. The van der Waals surface area contributed by atoms with Gasteiger partial charge in [-0.25, -0.2) is 0 Å². The van der Waals surface area contributed by atoms with E-state index in [2.05, 4.69) is 5.32 Å². The van der Waals surface area contributed by atoms with Crippen LogP contribution in [-0.4, -0.2) is 16.4 Å². The number of carbonyl (C=O) groups excluding carboxylic acids is 2. The minimum atomic E-state index is -0.828. The topological polar surface area (TPSA) is 77.1 Å². The Labute approximate surface area is 133 Å². The molecule has 3 rings (SSSR count). The number of benzene rings is 2. The summed E-state index contributed by atoms with van der Waals surface area (Å²) in [5.74, 6) is -0.846. The Hall–Kier alpha value is -3.08. The van der Waals surface area contributed by atoms with Gasteiger partial charge in [0.1, 0.15) is 12.6 Å². The van der Waals surface area contributed by atoms with Crippen LogP contribution >= 0.6 is 0 Å². The van der Waals surface area contributed by atoms with Crippen LogP contribution < -0.4 is 11.1 Å². The van der Waals surface area contributed by atoms with Gasteiger partial charge in [0.15, 0.2) is 0 Å². The average molecular weight is 307 g/mol. The molecule has 1 atom stereocenters. The molecule has 0 saturated carbocycles. The third kappa shape index (κ3) is 3.23. The second-order valence-corrected chi connectivity index (χ2v) is 5.32. The summed E-state index contributed by atoms with van der Waals surface area (Å²) < 4.78 is 1.84. The maximum absolute atomic E-state index is 12.3. The SMILES string of the molecule is NC(=O)[C@@H](NC(=O)Cn1ccc2ccccc21)c1ccccc1. The summed E-state index contributed by atoms with van der Waals surface area (Å²) in [6.45, 7) is 0.129. The largest absolute Gasteiger partial charge is 0.368 e. The molecule has 0 radical (unpaired) electrons. The molecule has 5 heteroatoms. The number of fused-ring (bicyclic) bond motifs is 1. The Balaban J connectivity index is 1.76. The highest BCUT2D eigenvalue weighted by molar-refractivity contribution is 5.88. The monoisotopic (exact) mass is 307 g/mol. The van der Waals surface area contributed by atoms with E-state index >= 15 is 0 Å². The minimum Gasteiger partial charge on any atom is -0.368 e. The molecule has 0 fully saturated rings. The van der Waals surface area contributed by atoms with Crippen molar-refractivity contribution in [1.29, 1.82) is 0 Å². The molecule has 5 nitrogen and oxygen atoms in total. The fourth-order valence-corrected chi connectivity index (χ4v) is 2.60. The Morgan fingerprint density at radius 1 is 1.00 bits per heavy atom. The van der Waals surface area contributed by atoms with Crippen LogP contribution in [0.3, 0.4) is 0 Å². The van der Waals surface area contributed by atoms with E-state index in [1.165, 1.54) is 0 Å². The first kappa shape index (κ1) is 14.8. The third-order valence-corrected chi connectivity index (χ3v) is 3.72. The molecule has 2 amide bonds. The van der Waals surface area contributed by atoms with Crippen molar-refractivity contribution in [3.8, 4) is 0 Å². The quantitative estimate of drug-likeness (QED) is 0.756. The number of nitrogens with one attached hydrogen (secondary N) is 1. The van der Waals surface area contributed by atoms with Crippen LogP contribution in [0, 0.1) is 0 Å². The molecule has 0 aliphatic rings. The van der Waals surface area contributed by atoms with Crippen molar-refractivity contribution in [2.75, 3.05) is 0 Å². The Morgan fingerprint density at radius 3 is 2.43 bits per heavy atom. The maximum Gasteiger partial charge on any atom is 0.244 e. The van der Waals surface area contributed by atoms with E-state index in [0.29, 0.717) is 5.56 Å². The molecule has 0 aliphatic heterocycles. The summed E-state index contributed by atoms with van der Waals surface area (Å²) in [4.78, 5) is 24.0. The lowest BCUT2D eigenvalue weighted by molar-refractivity contribution is -0.127. The predicted molar refractivity (Wildman–Crippen MR) is 88.5 cm³/mol. The number of rotatable bonds is 5. The first-order chi connectivity index (χ1) is 11.1. The molecule has 3 N–H and O–H groups in total. The third-order valence-electron chi connectivity index (χ3n) is 3.72. The van der Waals surface area contributed by atoms with Gasteiger partial charge in [-0.3, -0.25) is 9.59 Å². The van der Waals surface area contributed by atoms with Crippen LogP contribution in [0.15, 0.2) is 66.9 Å². The molecular weight excluding hydrogens is 290 g/mol. The van der Waals surface area contributed by atoms with E-state index in [9.17, 15) is 9.59 Å². The van der Waals surface area contributed by atoms with Gasteiger partial charge in [0.2, 0.25) is 11.8 Å². The number of hydrogen-bond acceptors (Lipinski definition) is 2. The summed E-state index contributed by atoms with van der Waals surface area (Å²) in [5.41, 5.74) is 7.06. The molecular formula is C18H17N3O2.